The van der Waals surface area contributed by atoms with Crippen molar-refractivity contribution in [2.75, 3.05) is 23.3 Å². The van der Waals surface area contributed by atoms with E-state index in [-0.39, 0.29) is 17.4 Å². The summed E-state index contributed by atoms with van der Waals surface area (Å²) in [6.07, 6.45) is 0. The molecule has 128 valence electrons. The number of benzene rings is 2. The molecule has 0 aliphatic rings. The zero-order valence-corrected chi connectivity index (χ0v) is 14.2. The Morgan fingerprint density at radius 2 is 1.60 bits per heavy atom. The first kappa shape index (κ1) is 16.8. The van der Waals surface area contributed by atoms with Gasteiger partial charge in [-0.25, -0.2) is 14.4 Å². The SMILES string of the molecule is CCN(CC)c1nc2ccccc2nc1C(=O)Nc1ccc(F)cc1. The Hall–Kier alpha value is -3.02. The van der Waals surface area contributed by atoms with E-state index in [1.807, 2.05) is 43.0 Å². The van der Waals surface area contributed by atoms with Gasteiger partial charge in [0.1, 0.15) is 5.82 Å². The fourth-order valence-corrected chi connectivity index (χ4v) is 2.61. The average molecular weight is 338 g/mol. The predicted molar refractivity (Wildman–Crippen MR) is 97.5 cm³/mol. The van der Waals surface area contributed by atoms with Gasteiger partial charge >= 0.3 is 0 Å². The van der Waals surface area contributed by atoms with Gasteiger partial charge in [-0.15, -0.1) is 0 Å². The van der Waals surface area contributed by atoms with Gasteiger partial charge in [0, 0.05) is 18.8 Å². The van der Waals surface area contributed by atoms with Gasteiger partial charge in [-0.05, 0) is 50.2 Å². The van der Waals surface area contributed by atoms with E-state index < -0.39 is 0 Å². The first-order valence-corrected chi connectivity index (χ1v) is 8.21. The van der Waals surface area contributed by atoms with E-state index >= 15 is 0 Å². The highest BCUT2D eigenvalue weighted by Crippen LogP contribution is 2.22. The van der Waals surface area contributed by atoms with Crippen molar-refractivity contribution in [2.45, 2.75) is 13.8 Å². The second kappa shape index (κ2) is 7.25. The largest absolute Gasteiger partial charge is 0.355 e. The summed E-state index contributed by atoms with van der Waals surface area (Å²) >= 11 is 0. The summed E-state index contributed by atoms with van der Waals surface area (Å²) in [5, 5.41) is 2.76. The lowest BCUT2D eigenvalue weighted by atomic mass is 10.2. The number of halogens is 1. The Kier molecular flexibility index (Phi) is 4.88. The van der Waals surface area contributed by atoms with Crippen LogP contribution in [-0.4, -0.2) is 29.0 Å². The van der Waals surface area contributed by atoms with Crippen LogP contribution in [0.4, 0.5) is 15.9 Å². The zero-order valence-electron chi connectivity index (χ0n) is 14.2. The molecule has 0 saturated carbocycles. The van der Waals surface area contributed by atoms with E-state index in [9.17, 15) is 9.18 Å². The molecule has 3 rings (SSSR count). The van der Waals surface area contributed by atoms with Crippen molar-refractivity contribution in [3.63, 3.8) is 0 Å². The third-order valence-electron chi connectivity index (χ3n) is 3.93. The smallest absolute Gasteiger partial charge is 0.278 e. The minimum absolute atomic E-state index is 0.256. The van der Waals surface area contributed by atoms with Gasteiger partial charge in [-0.3, -0.25) is 4.79 Å². The maximum atomic E-state index is 13.0. The number of rotatable bonds is 5. The molecule has 0 fully saturated rings. The monoisotopic (exact) mass is 338 g/mol. The molecular formula is C19H19FN4O. The Morgan fingerprint density at radius 3 is 2.20 bits per heavy atom. The molecule has 0 bridgehead atoms. The van der Waals surface area contributed by atoms with Crippen molar-refractivity contribution in [3.05, 3.63) is 60.0 Å². The van der Waals surface area contributed by atoms with Crippen LogP contribution in [0.1, 0.15) is 24.3 Å². The second-order valence-corrected chi connectivity index (χ2v) is 5.52. The van der Waals surface area contributed by atoms with Crippen LogP contribution in [0.5, 0.6) is 0 Å². The molecule has 3 aromatic rings. The third-order valence-corrected chi connectivity index (χ3v) is 3.93. The number of nitrogens with zero attached hydrogens (tertiary/aromatic N) is 3. The highest BCUT2D eigenvalue weighted by molar-refractivity contribution is 6.07. The number of carbonyl (C=O) groups excluding carboxylic acids is 1. The summed E-state index contributed by atoms with van der Waals surface area (Å²) in [7, 11) is 0. The lowest BCUT2D eigenvalue weighted by Gasteiger charge is -2.22. The third kappa shape index (κ3) is 3.57. The molecule has 1 N–H and O–H groups in total. The van der Waals surface area contributed by atoms with E-state index in [2.05, 4.69) is 15.3 Å². The average Bonchev–Trinajstić information content (AvgIpc) is 2.64. The van der Waals surface area contributed by atoms with Crippen LogP contribution in [0.25, 0.3) is 11.0 Å². The van der Waals surface area contributed by atoms with Crippen LogP contribution in [0, 0.1) is 5.82 Å². The van der Waals surface area contributed by atoms with Crippen LogP contribution in [-0.2, 0) is 0 Å². The summed E-state index contributed by atoms with van der Waals surface area (Å²) in [5.74, 6) is -0.178. The molecule has 0 aliphatic carbocycles. The fraction of sp³-hybridized carbons (Fsp3) is 0.211. The number of hydrogen-bond acceptors (Lipinski definition) is 4. The topological polar surface area (TPSA) is 58.1 Å². The maximum Gasteiger partial charge on any atom is 0.278 e. The maximum absolute atomic E-state index is 13.0. The lowest BCUT2D eigenvalue weighted by Crippen LogP contribution is -2.27. The minimum atomic E-state index is -0.369. The van der Waals surface area contributed by atoms with Gasteiger partial charge < -0.3 is 10.2 Å². The lowest BCUT2D eigenvalue weighted by molar-refractivity contribution is 0.102. The Labute approximate surface area is 145 Å². The number of aromatic nitrogens is 2. The first-order valence-electron chi connectivity index (χ1n) is 8.21. The summed E-state index contributed by atoms with van der Waals surface area (Å²) in [5.41, 5.74) is 2.16. The number of anilines is 2. The number of nitrogens with one attached hydrogen (secondary N) is 1. The van der Waals surface area contributed by atoms with E-state index in [0.29, 0.717) is 30.1 Å². The van der Waals surface area contributed by atoms with Crippen molar-refractivity contribution >= 4 is 28.4 Å². The molecule has 5 nitrogen and oxygen atoms in total. The summed E-state index contributed by atoms with van der Waals surface area (Å²) in [6, 6.07) is 13.1. The quantitative estimate of drug-likeness (QED) is 0.767. The molecule has 1 amide bonds. The second-order valence-electron chi connectivity index (χ2n) is 5.52. The van der Waals surface area contributed by atoms with Gasteiger partial charge in [0.2, 0.25) is 0 Å². The zero-order chi connectivity index (χ0) is 17.8. The van der Waals surface area contributed by atoms with Crippen LogP contribution in [0.3, 0.4) is 0 Å². The van der Waals surface area contributed by atoms with E-state index in [1.165, 1.54) is 24.3 Å². The molecule has 0 spiro atoms. The molecule has 0 unspecified atom stereocenters. The Bertz CT molecular complexity index is 892. The Morgan fingerprint density at radius 1 is 1.00 bits per heavy atom. The molecule has 2 aromatic carbocycles. The molecule has 0 saturated heterocycles. The normalized spacial score (nSPS) is 10.7. The first-order chi connectivity index (χ1) is 12.1. The summed E-state index contributed by atoms with van der Waals surface area (Å²) < 4.78 is 13.0. The van der Waals surface area contributed by atoms with Crippen molar-refractivity contribution in [1.29, 1.82) is 0 Å². The summed E-state index contributed by atoms with van der Waals surface area (Å²) in [6.45, 7) is 5.42. The van der Waals surface area contributed by atoms with E-state index in [1.54, 1.807) is 0 Å². The van der Waals surface area contributed by atoms with Crippen molar-refractivity contribution in [1.82, 2.24) is 9.97 Å². The molecule has 25 heavy (non-hydrogen) atoms. The van der Waals surface area contributed by atoms with Crippen LogP contribution in [0.2, 0.25) is 0 Å². The number of amides is 1. The highest BCUT2D eigenvalue weighted by atomic mass is 19.1. The van der Waals surface area contributed by atoms with Crippen LogP contribution in [0.15, 0.2) is 48.5 Å². The number of para-hydroxylation sites is 2. The highest BCUT2D eigenvalue weighted by Gasteiger charge is 2.20. The Balaban J connectivity index is 2.03. The van der Waals surface area contributed by atoms with Crippen molar-refractivity contribution in [3.8, 4) is 0 Å². The standard InChI is InChI=1S/C19H19FN4O/c1-3-24(4-2)18-17(22-15-7-5-6-8-16(15)23-18)19(25)21-14-11-9-13(20)10-12-14/h5-12H,3-4H2,1-2H3,(H,21,25). The molecule has 1 heterocycles. The van der Waals surface area contributed by atoms with Gasteiger partial charge in [-0.2, -0.15) is 0 Å². The number of fused-ring (bicyclic) bond motifs is 1. The predicted octanol–water partition coefficient (Wildman–Crippen LogP) is 3.87. The molecule has 0 atom stereocenters. The molecule has 1 aromatic heterocycles. The minimum Gasteiger partial charge on any atom is -0.355 e. The molecule has 6 heteroatoms. The van der Waals surface area contributed by atoms with Crippen LogP contribution >= 0.6 is 0 Å². The van der Waals surface area contributed by atoms with Crippen molar-refractivity contribution < 1.29 is 9.18 Å². The summed E-state index contributed by atoms with van der Waals surface area (Å²) in [4.78, 5) is 23.9. The number of hydrogen-bond donors (Lipinski definition) is 1. The van der Waals surface area contributed by atoms with Gasteiger partial charge in [0.05, 0.1) is 11.0 Å². The number of carbonyl (C=O) groups is 1. The van der Waals surface area contributed by atoms with Crippen molar-refractivity contribution in [2.24, 2.45) is 0 Å². The molecule has 0 aliphatic heterocycles. The van der Waals surface area contributed by atoms with Gasteiger partial charge in [-0.1, -0.05) is 12.1 Å². The van der Waals surface area contributed by atoms with Gasteiger partial charge in [0.15, 0.2) is 11.5 Å². The van der Waals surface area contributed by atoms with E-state index in [0.717, 1.165) is 5.52 Å². The van der Waals surface area contributed by atoms with Crippen LogP contribution < -0.4 is 10.2 Å². The molecular weight excluding hydrogens is 319 g/mol. The fourth-order valence-electron chi connectivity index (χ4n) is 2.61. The van der Waals surface area contributed by atoms with E-state index in [4.69, 9.17) is 0 Å². The molecule has 0 radical (unpaired) electrons. The van der Waals surface area contributed by atoms with Gasteiger partial charge in [0.25, 0.3) is 5.91 Å².